The molecule has 2 rings (SSSR count). The Kier molecular flexibility index (Phi) is 6.35. The summed E-state index contributed by atoms with van der Waals surface area (Å²) in [5, 5.41) is 3.68. The first-order valence-corrected chi connectivity index (χ1v) is 9.00. The number of hydrogen-bond donors (Lipinski definition) is 1. The smallest absolute Gasteiger partial charge is 0.240 e. The Hall–Kier alpha value is -0.980. The van der Waals surface area contributed by atoms with Crippen molar-refractivity contribution in [2.45, 2.75) is 34.1 Å². The van der Waals surface area contributed by atoms with Gasteiger partial charge in [-0.25, -0.2) is 4.98 Å². The molecular weight excluding hydrogens is 296 g/mol. The first kappa shape index (κ1) is 17.4. The fraction of sp³-hybridized carbons (Fsp3) is 0.750. The van der Waals surface area contributed by atoms with E-state index in [0.717, 1.165) is 50.0 Å². The van der Waals surface area contributed by atoms with E-state index in [0.29, 0.717) is 12.5 Å². The van der Waals surface area contributed by atoms with Crippen molar-refractivity contribution >= 4 is 22.4 Å². The second-order valence-electron chi connectivity index (χ2n) is 6.39. The van der Waals surface area contributed by atoms with Gasteiger partial charge >= 0.3 is 0 Å². The molecule has 1 N–H and O–H groups in total. The second-order valence-corrected chi connectivity index (χ2v) is 7.60. The molecule has 1 aliphatic rings. The average molecular weight is 324 g/mol. The number of thiazole rings is 1. The number of carbonyl (C=O) groups is 1. The summed E-state index contributed by atoms with van der Waals surface area (Å²) in [6.45, 7) is 14.3. The van der Waals surface area contributed by atoms with Crippen molar-refractivity contribution in [1.82, 2.24) is 14.8 Å². The van der Waals surface area contributed by atoms with Crippen LogP contribution in [0.4, 0.5) is 5.13 Å². The summed E-state index contributed by atoms with van der Waals surface area (Å²) in [7, 11) is 0. The van der Waals surface area contributed by atoms with Crippen LogP contribution in [0.3, 0.4) is 0 Å². The number of carbonyl (C=O) groups excluding carboxylic acids is 1. The minimum Gasteiger partial charge on any atom is -0.301 e. The molecule has 1 aliphatic heterocycles. The lowest BCUT2D eigenvalue weighted by molar-refractivity contribution is -0.117. The zero-order chi connectivity index (χ0) is 16.1. The minimum absolute atomic E-state index is 0.0497. The number of aromatic nitrogens is 1. The maximum absolute atomic E-state index is 12.1. The SMILES string of the molecule is CCc1nc(NC(=O)CN2CCN(CC(C)C)CC2)sc1C. The molecule has 22 heavy (non-hydrogen) atoms. The van der Waals surface area contributed by atoms with E-state index >= 15 is 0 Å². The minimum atomic E-state index is 0.0497. The molecule has 2 heterocycles. The van der Waals surface area contributed by atoms with Gasteiger partial charge in [0.25, 0.3) is 0 Å². The highest BCUT2D eigenvalue weighted by Gasteiger charge is 2.20. The molecule has 0 bridgehead atoms. The van der Waals surface area contributed by atoms with Gasteiger partial charge in [-0.05, 0) is 19.3 Å². The van der Waals surface area contributed by atoms with Gasteiger partial charge in [-0.3, -0.25) is 9.69 Å². The van der Waals surface area contributed by atoms with Crippen molar-refractivity contribution in [1.29, 1.82) is 0 Å². The Morgan fingerprint density at radius 2 is 1.91 bits per heavy atom. The molecule has 5 nitrogen and oxygen atoms in total. The number of nitrogens with zero attached hydrogens (tertiary/aromatic N) is 3. The van der Waals surface area contributed by atoms with E-state index in [1.807, 2.05) is 0 Å². The molecule has 1 amide bonds. The summed E-state index contributed by atoms with van der Waals surface area (Å²) in [6, 6.07) is 0. The van der Waals surface area contributed by atoms with Gasteiger partial charge in [-0.15, -0.1) is 11.3 Å². The van der Waals surface area contributed by atoms with Crippen molar-refractivity contribution < 1.29 is 4.79 Å². The molecule has 0 aromatic carbocycles. The molecule has 0 aliphatic carbocycles. The number of anilines is 1. The molecule has 1 aromatic rings. The van der Waals surface area contributed by atoms with Gasteiger partial charge in [0, 0.05) is 37.6 Å². The van der Waals surface area contributed by atoms with Gasteiger partial charge in [0.1, 0.15) is 0 Å². The highest BCUT2D eigenvalue weighted by atomic mass is 32.1. The van der Waals surface area contributed by atoms with Crippen LogP contribution in [0.5, 0.6) is 0 Å². The Balaban J connectivity index is 1.76. The molecule has 1 saturated heterocycles. The predicted molar refractivity (Wildman–Crippen MR) is 92.6 cm³/mol. The van der Waals surface area contributed by atoms with Crippen LogP contribution in [-0.4, -0.2) is 60.0 Å². The van der Waals surface area contributed by atoms with Gasteiger partial charge in [0.05, 0.1) is 12.2 Å². The van der Waals surface area contributed by atoms with E-state index in [9.17, 15) is 4.79 Å². The fourth-order valence-corrected chi connectivity index (χ4v) is 3.74. The Labute approximate surface area is 137 Å². The van der Waals surface area contributed by atoms with E-state index in [1.54, 1.807) is 11.3 Å². The topological polar surface area (TPSA) is 48.5 Å². The van der Waals surface area contributed by atoms with Crippen LogP contribution in [0.2, 0.25) is 0 Å². The zero-order valence-electron chi connectivity index (χ0n) is 14.2. The molecule has 0 saturated carbocycles. The highest BCUT2D eigenvalue weighted by Crippen LogP contribution is 2.22. The molecule has 0 unspecified atom stereocenters. The third-order valence-corrected chi connectivity index (χ3v) is 4.86. The molecule has 124 valence electrons. The second kappa shape index (κ2) is 8.04. The molecule has 0 atom stereocenters. The number of rotatable bonds is 6. The van der Waals surface area contributed by atoms with Gasteiger partial charge in [0.2, 0.25) is 5.91 Å². The maximum atomic E-state index is 12.1. The largest absolute Gasteiger partial charge is 0.301 e. The van der Waals surface area contributed by atoms with E-state index in [-0.39, 0.29) is 5.91 Å². The standard InChI is InChI=1S/C16H28N4OS/c1-5-14-13(4)22-16(17-14)18-15(21)11-20-8-6-19(7-9-20)10-12(2)3/h12H,5-11H2,1-4H3,(H,17,18,21). The first-order valence-electron chi connectivity index (χ1n) is 8.18. The summed E-state index contributed by atoms with van der Waals surface area (Å²) in [6.07, 6.45) is 0.913. The number of amides is 1. The Morgan fingerprint density at radius 3 is 2.45 bits per heavy atom. The summed E-state index contributed by atoms with van der Waals surface area (Å²) in [4.78, 5) is 22.5. The molecule has 0 spiro atoms. The normalized spacial score (nSPS) is 17.1. The summed E-state index contributed by atoms with van der Waals surface area (Å²) in [5.41, 5.74) is 1.09. The van der Waals surface area contributed by atoms with Crippen LogP contribution in [0.15, 0.2) is 0 Å². The number of piperazine rings is 1. The van der Waals surface area contributed by atoms with Crippen LogP contribution in [-0.2, 0) is 11.2 Å². The number of aryl methyl sites for hydroxylation is 2. The van der Waals surface area contributed by atoms with Crippen LogP contribution >= 0.6 is 11.3 Å². The lowest BCUT2D eigenvalue weighted by Crippen LogP contribution is -2.49. The molecule has 1 aromatic heterocycles. The van der Waals surface area contributed by atoms with Gasteiger partial charge < -0.3 is 10.2 Å². The highest BCUT2D eigenvalue weighted by molar-refractivity contribution is 7.15. The lowest BCUT2D eigenvalue weighted by atomic mass is 10.2. The molecule has 6 heteroatoms. The molecule has 0 radical (unpaired) electrons. The van der Waals surface area contributed by atoms with Crippen molar-refractivity contribution in [3.63, 3.8) is 0 Å². The average Bonchev–Trinajstić information content (AvgIpc) is 2.80. The summed E-state index contributed by atoms with van der Waals surface area (Å²) < 4.78 is 0. The summed E-state index contributed by atoms with van der Waals surface area (Å²) in [5.74, 6) is 0.754. The maximum Gasteiger partial charge on any atom is 0.240 e. The first-order chi connectivity index (χ1) is 10.5. The third-order valence-electron chi connectivity index (χ3n) is 3.93. The molecule has 1 fully saturated rings. The van der Waals surface area contributed by atoms with E-state index in [1.165, 1.54) is 4.88 Å². The van der Waals surface area contributed by atoms with Crippen molar-refractivity contribution in [2.24, 2.45) is 5.92 Å². The number of nitrogens with one attached hydrogen (secondary N) is 1. The fourth-order valence-electron chi connectivity index (χ4n) is 2.82. The number of hydrogen-bond acceptors (Lipinski definition) is 5. The van der Waals surface area contributed by atoms with Gasteiger partial charge in [-0.2, -0.15) is 0 Å². The zero-order valence-corrected chi connectivity index (χ0v) is 15.0. The monoisotopic (exact) mass is 324 g/mol. The van der Waals surface area contributed by atoms with Crippen LogP contribution < -0.4 is 5.32 Å². The quantitative estimate of drug-likeness (QED) is 0.872. The van der Waals surface area contributed by atoms with Gasteiger partial charge in [-0.1, -0.05) is 20.8 Å². The third kappa shape index (κ3) is 5.04. The van der Waals surface area contributed by atoms with Crippen molar-refractivity contribution in [3.8, 4) is 0 Å². The lowest BCUT2D eigenvalue weighted by Gasteiger charge is -2.35. The Bertz CT molecular complexity index is 492. The predicted octanol–water partition coefficient (Wildman–Crippen LogP) is 2.23. The van der Waals surface area contributed by atoms with Crippen LogP contribution in [0.25, 0.3) is 0 Å². The van der Waals surface area contributed by atoms with E-state index in [4.69, 9.17) is 0 Å². The van der Waals surface area contributed by atoms with Crippen LogP contribution in [0, 0.1) is 12.8 Å². The van der Waals surface area contributed by atoms with Crippen molar-refractivity contribution in [3.05, 3.63) is 10.6 Å². The summed E-state index contributed by atoms with van der Waals surface area (Å²) >= 11 is 1.57. The van der Waals surface area contributed by atoms with E-state index < -0.39 is 0 Å². The molecular formula is C16H28N4OS. The van der Waals surface area contributed by atoms with Gasteiger partial charge in [0.15, 0.2) is 5.13 Å². The van der Waals surface area contributed by atoms with Crippen LogP contribution in [0.1, 0.15) is 31.3 Å². The Morgan fingerprint density at radius 1 is 1.27 bits per heavy atom. The van der Waals surface area contributed by atoms with E-state index in [2.05, 4.69) is 47.8 Å². The van der Waals surface area contributed by atoms with Crippen molar-refractivity contribution in [2.75, 3.05) is 44.6 Å².